The summed E-state index contributed by atoms with van der Waals surface area (Å²) in [6, 6.07) is 19.6. The lowest BCUT2D eigenvalue weighted by Crippen LogP contribution is -2.26. The van der Waals surface area contributed by atoms with Gasteiger partial charge in [0.1, 0.15) is 0 Å². The molecule has 1 fully saturated rings. The first-order valence-corrected chi connectivity index (χ1v) is 12.7. The van der Waals surface area contributed by atoms with Gasteiger partial charge in [0.2, 0.25) is 0 Å². The number of carbonyl (C=O) groups is 1. The molecule has 4 rings (SSSR count). The minimum Gasteiger partial charge on any atom is -0.370 e. The van der Waals surface area contributed by atoms with Crippen LogP contribution in [0.15, 0.2) is 73.1 Å². The SMILES string of the molecule is O=C(NCc1ccncc1)c1ccc(C#Cc2ccc(N3CCSSCC3)cc2)cc1. The molecule has 0 radical (unpaired) electrons. The van der Waals surface area contributed by atoms with E-state index in [0.29, 0.717) is 12.1 Å². The van der Waals surface area contributed by atoms with Crippen LogP contribution in [-0.4, -0.2) is 35.5 Å². The molecule has 31 heavy (non-hydrogen) atoms. The van der Waals surface area contributed by atoms with Crippen molar-refractivity contribution in [2.24, 2.45) is 0 Å². The molecule has 4 nitrogen and oxygen atoms in total. The summed E-state index contributed by atoms with van der Waals surface area (Å²) in [5.74, 6) is 8.61. The van der Waals surface area contributed by atoms with E-state index in [1.165, 1.54) is 5.69 Å². The van der Waals surface area contributed by atoms with Crippen LogP contribution in [0.4, 0.5) is 5.69 Å². The van der Waals surface area contributed by atoms with Gasteiger partial charge in [-0.2, -0.15) is 0 Å². The summed E-state index contributed by atoms with van der Waals surface area (Å²) in [4.78, 5) is 18.7. The van der Waals surface area contributed by atoms with Gasteiger partial charge in [-0.3, -0.25) is 9.78 Å². The summed E-state index contributed by atoms with van der Waals surface area (Å²) < 4.78 is 0. The standard InChI is InChI=1S/C25H23N3OS2/c29-25(27-19-22-11-13-26-14-12-22)23-7-3-20(4-8-23)1-2-21-5-9-24(10-6-21)28-15-17-30-31-18-16-28/h3-14H,15-19H2,(H,27,29). The number of aromatic nitrogens is 1. The van der Waals surface area contributed by atoms with Crippen LogP contribution in [-0.2, 0) is 6.54 Å². The van der Waals surface area contributed by atoms with Gasteiger partial charge in [-0.25, -0.2) is 0 Å². The molecule has 3 aromatic rings. The molecule has 2 heterocycles. The lowest BCUT2D eigenvalue weighted by molar-refractivity contribution is 0.0951. The van der Waals surface area contributed by atoms with Gasteiger partial charge in [0.15, 0.2) is 0 Å². The molecule has 0 saturated carbocycles. The van der Waals surface area contributed by atoms with Crippen LogP contribution in [0.1, 0.15) is 27.0 Å². The Kier molecular flexibility index (Phi) is 7.54. The number of nitrogens with zero attached hydrogens (tertiary/aromatic N) is 2. The molecule has 1 saturated heterocycles. The maximum Gasteiger partial charge on any atom is 0.251 e. The second kappa shape index (κ2) is 10.9. The van der Waals surface area contributed by atoms with E-state index >= 15 is 0 Å². The van der Waals surface area contributed by atoms with Crippen molar-refractivity contribution in [2.75, 3.05) is 29.5 Å². The highest BCUT2D eigenvalue weighted by atomic mass is 33.1. The zero-order valence-corrected chi connectivity index (χ0v) is 18.7. The van der Waals surface area contributed by atoms with Crippen molar-refractivity contribution >= 4 is 33.2 Å². The molecule has 2 aromatic carbocycles. The number of pyridine rings is 1. The molecule has 1 N–H and O–H groups in total. The number of carbonyl (C=O) groups excluding carboxylic acids is 1. The highest BCUT2D eigenvalue weighted by Gasteiger charge is 2.10. The quantitative estimate of drug-likeness (QED) is 0.469. The first-order chi connectivity index (χ1) is 15.3. The van der Waals surface area contributed by atoms with Crippen LogP contribution >= 0.6 is 21.6 Å². The molecular weight excluding hydrogens is 422 g/mol. The summed E-state index contributed by atoms with van der Waals surface area (Å²) >= 11 is 0. The van der Waals surface area contributed by atoms with Crippen molar-refractivity contribution in [3.05, 3.63) is 95.3 Å². The zero-order valence-electron chi connectivity index (χ0n) is 17.1. The molecule has 0 atom stereocenters. The number of hydrogen-bond donors (Lipinski definition) is 1. The van der Waals surface area contributed by atoms with Crippen molar-refractivity contribution in [1.29, 1.82) is 0 Å². The van der Waals surface area contributed by atoms with Gasteiger partial charge < -0.3 is 10.2 Å². The molecule has 1 amide bonds. The number of anilines is 1. The molecule has 0 bridgehead atoms. The zero-order chi connectivity index (χ0) is 21.3. The predicted octanol–water partition coefficient (Wildman–Crippen LogP) is 4.61. The van der Waals surface area contributed by atoms with Crippen LogP contribution in [0, 0.1) is 11.8 Å². The first-order valence-electron chi connectivity index (χ1n) is 10.2. The Morgan fingerprint density at radius 2 is 1.45 bits per heavy atom. The molecule has 0 unspecified atom stereocenters. The number of benzene rings is 2. The fraction of sp³-hybridized carbons (Fsp3) is 0.200. The van der Waals surface area contributed by atoms with Crippen molar-refractivity contribution < 1.29 is 4.79 Å². The van der Waals surface area contributed by atoms with Gasteiger partial charge in [0, 0.05) is 65.9 Å². The van der Waals surface area contributed by atoms with Gasteiger partial charge in [-0.05, 0) is 66.2 Å². The number of rotatable bonds is 4. The van der Waals surface area contributed by atoms with Gasteiger partial charge in [0.25, 0.3) is 5.91 Å². The Morgan fingerprint density at radius 3 is 2.06 bits per heavy atom. The molecule has 0 aliphatic carbocycles. The smallest absolute Gasteiger partial charge is 0.251 e. The van der Waals surface area contributed by atoms with Crippen LogP contribution < -0.4 is 10.2 Å². The van der Waals surface area contributed by atoms with E-state index in [-0.39, 0.29) is 5.91 Å². The summed E-state index contributed by atoms with van der Waals surface area (Å²) in [7, 11) is 3.91. The van der Waals surface area contributed by atoms with Gasteiger partial charge in [0.05, 0.1) is 0 Å². The van der Waals surface area contributed by atoms with E-state index in [1.807, 2.05) is 58.0 Å². The van der Waals surface area contributed by atoms with Crippen molar-refractivity contribution in [3.63, 3.8) is 0 Å². The van der Waals surface area contributed by atoms with Gasteiger partial charge >= 0.3 is 0 Å². The summed E-state index contributed by atoms with van der Waals surface area (Å²) in [5.41, 5.74) is 4.77. The first kappa shape index (κ1) is 21.4. The maximum atomic E-state index is 12.3. The largest absolute Gasteiger partial charge is 0.370 e. The normalized spacial score (nSPS) is 13.6. The van der Waals surface area contributed by atoms with Gasteiger partial charge in [-0.15, -0.1) is 0 Å². The molecule has 0 spiro atoms. The monoisotopic (exact) mass is 445 g/mol. The fourth-order valence-electron chi connectivity index (χ4n) is 3.17. The molecule has 1 aromatic heterocycles. The highest BCUT2D eigenvalue weighted by molar-refractivity contribution is 8.76. The second-order valence-electron chi connectivity index (χ2n) is 7.04. The average molecular weight is 446 g/mol. The van der Waals surface area contributed by atoms with E-state index < -0.39 is 0 Å². The Bertz CT molecular complexity index is 1050. The topological polar surface area (TPSA) is 45.2 Å². The van der Waals surface area contributed by atoms with E-state index in [0.717, 1.165) is 41.3 Å². The van der Waals surface area contributed by atoms with E-state index in [9.17, 15) is 4.79 Å². The highest BCUT2D eigenvalue weighted by Crippen LogP contribution is 2.26. The lowest BCUT2D eigenvalue weighted by Gasteiger charge is -2.21. The number of amides is 1. The predicted molar refractivity (Wildman–Crippen MR) is 131 cm³/mol. The van der Waals surface area contributed by atoms with Crippen LogP contribution in [0.25, 0.3) is 0 Å². The van der Waals surface area contributed by atoms with E-state index in [1.54, 1.807) is 12.4 Å². The summed E-state index contributed by atoms with van der Waals surface area (Å²) in [6.07, 6.45) is 3.44. The van der Waals surface area contributed by atoms with Crippen LogP contribution in [0.5, 0.6) is 0 Å². The Morgan fingerprint density at radius 1 is 0.871 bits per heavy atom. The minimum atomic E-state index is -0.0998. The van der Waals surface area contributed by atoms with Crippen LogP contribution in [0.3, 0.4) is 0 Å². The third-order valence-electron chi connectivity index (χ3n) is 4.91. The fourth-order valence-corrected chi connectivity index (χ4v) is 5.15. The molecule has 6 heteroatoms. The lowest BCUT2D eigenvalue weighted by atomic mass is 10.1. The Labute approximate surface area is 191 Å². The maximum absolute atomic E-state index is 12.3. The molecular formula is C25H23N3OS2. The minimum absolute atomic E-state index is 0.0998. The third-order valence-corrected chi connectivity index (χ3v) is 7.27. The molecule has 156 valence electrons. The van der Waals surface area contributed by atoms with Gasteiger partial charge in [-0.1, -0.05) is 33.4 Å². The average Bonchev–Trinajstić information content (AvgIpc) is 3.12. The molecule has 1 aliphatic heterocycles. The van der Waals surface area contributed by atoms with Crippen molar-refractivity contribution in [1.82, 2.24) is 10.3 Å². The Hall–Kier alpha value is -2.88. The third kappa shape index (κ3) is 6.30. The second-order valence-corrected chi connectivity index (χ2v) is 9.75. The number of nitrogens with one attached hydrogen (secondary N) is 1. The summed E-state index contributed by atoms with van der Waals surface area (Å²) in [6.45, 7) is 2.66. The Balaban J connectivity index is 1.34. The van der Waals surface area contributed by atoms with Crippen LogP contribution in [0.2, 0.25) is 0 Å². The van der Waals surface area contributed by atoms with Crippen molar-refractivity contribution in [3.8, 4) is 11.8 Å². The molecule has 1 aliphatic rings. The van der Waals surface area contributed by atoms with Crippen molar-refractivity contribution in [2.45, 2.75) is 6.54 Å². The van der Waals surface area contributed by atoms with E-state index in [2.05, 4.69) is 51.3 Å². The number of hydrogen-bond acceptors (Lipinski definition) is 5. The summed E-state index contributed by atoms with van der Waals surface area (Å²) in [5, 5.41) is 2.92. The van der Waals surface area contributed by atoms with E-state index in [4.69, 9.17) is 0 Å².